The van der Waals surface area contributed by atoms with Gasteiger partial charge >= 0.3 is 0 Å². The van der Waals surface area contributed by atoms with E-state index in [-0.39, 0.29) is 0 Å². The second kappa shape index (κ2) is 14.1. The van der Waals surface area contributed by atoms with Crippen molar-refractivity contribution in [2.45, 2.75) is 5.41 Å². The van der Waals surface area contributed by atoms with E-state index in [0.29, 0.717) is 11.8 Å². The van der Waals surface area contributed by atoms with Gasteiger partial charge in [-0.05, 0) is 139 Å². The fourth-order valence-electron chi connectivity index (χ4n) is 10.8. The highest BCUT2D eigenvalue weighted by molar-refractivity contribution is 6.06. The predicted octanol–water partition coefficient (Wildman–Crippen LogP) is 15.9. The highest BCUT2D eigenvalue weighted by atomic mass is 16.4. The Morgan fingerprint density at radius 2 is 0.894 bits per heavy atom. The number of fused-ring (bicyclic) bond motifs is 13. The van der Waals surface area contributed by atoms with Gasteiger partial charge in [0.2, 0.25) is 11.8 Å². The number of para-hydroxylation sites is 7. The first-order chi connectivity index (χ1) is 32.7. The first-order valence-corrected chi connectivity index (χ1v) is 22.4. The molecule has 0 bridgehead atoms. The quantitative estimate of drug-likeness (QED) is 0.173. The zero-order valence-corrected chi connectivity index (χ0v) is 35.5. The van der Waals surface area contributed by atoms with Crippen LogP contribution >= 0.6 is 0 Å². The summed E-state index contributed by atoms with van der Waals surface area (Å²) in [7, 11) is 0. The van der Waals surface area contributed by atoms with E-state index in [2.05, 4.69) is 181 Å². The van der Waals surface area contributed by atoms with Gasteiger partial charge in [0.25, 0.3) is 0 Å². The van der Waals surface area contributed by atoms with Gasteiger partial charge in [0.05, 0.1) is 16.8 Å². The Hall–Kier alpha value is -8.80. The Bertz CT molecular complexity index is 3700. The van der Waals surface area contributed by atoms with Gasteiger partial charge in [-0.25, -0.2) is 9.97 Å². The van der Waals surface area contributed by atoms with Crippen LogP contribution in [0.5, 0.6) is 0 Å². The fraction of sp³-hybridized carbons (Fsp3) is 0.0164. The van der Waals surface area contributed by atoms with Crippen LogP contribution in [0.4, 0.5) is 17.1 Å². The van der Waals surface area contributed by atoms with Crippen molar-refractivity contribution < 1.29 is 8.83 Å². The number of anilines is 3. The van der Waals surface area contributed by atoms with Crippen LogP contribution in [0.3, 0.4) is 0 Å². The lowest BCUT2D eigenvalue weighted by molar-refractivity contribution is 0.617. The third kappa shape index (κ3) is 5.34. The lowest BCUT2D eigenvalue weighted by Crippen LogP contribution is -2.36. The monoisotopic (exact) mass is 843 g/mol. The highest BCUT2D eigenvalue weighted by Gasteiger charge is 2.52. The number of rotatable bonds is 5. The minimum absolute atomic E-state index is 0.547. The van der Waals surface area contributed by atoms with Crippen molar-refractivity contribution in [1.82, 2.24) is 9.97 Å². The summed E-state index contributed by atoms with van der Waals surface area (Å²) in [6.07, 6.45) is 0. The van der Waals surface area contributed by atoms with Gasteiger partial charge in [0, 0.05) is 16.8 Å². The van der Waals surface area contributed by atoms with Crippen LogP contribution in [0.25, 0.3) is 89.3 Å². The molecular weight excluding hydrogens is 807 g/mol. The van der Waals surface area contributed by atoms with Gasteiger partial charge in [-0.15, -0.1) is 0 Å². The summed E-state index contributed by atoms with van der Waals surface area (Å²) in [5.74, 6) is 1.09. The van der Waals surface area contributed by atoms with E-state index in [1.807, 2.05) is 48.5 Å². The Labute approximate surface area is 380 Å². The lowest BCUT2D eigenvalue weighted by atomic mass is 9.64. The topological polar surface area (TPSA) is 55.3 Å². The fourth-order valence-corrected chi connectivity index (χ4v) is 10.8. The molecule has 0 radical (unpaired) electrons. The van der Waals surface area contributed by atoms with E-state index in [1.165, 1.54) is 55.5 Å². The molecule has 0 unspecified atom stereocenters. The maximum Gasteiger partial charge on any atom is 0.227 e. The summed E-state index contributed by atoms with van der Waals surface area (Å²) in [4.78, 5) is 12.2. The molecule has 0 saturated heterocycles. The molecule has 12 aromatic rings. The molecule has 66 heavy (non-hydrogen) atoms. The third-order valence-electron chi connectivity index (χ3n) is 13.7. The zero-order chi connectivity index (χ0) is 43.3. The molecule has 0 atom stereocenters. The zero-order valence-electron chi connectivity index (χ0n) is 35.5. The normalized spacial score (nSPS) is 13.2. The molecule has 1 aliphatic carbocycles. The van der Waals surface area contributed by atoms with Crippen LogP contribution in [0.1, 0.15) is 22.3 Å². The molecule has 1 spiro atoms. The summed E-state index contributed by atoms with van der Waals surface area (Å²) < 4.78 is 12.6. The SMILES string of the molecule is c1ccc(N2c3ccccc3C3(c4cc(-c5ccc(-c6cc(-c7nc8ccccc8o7)cc(-c7nc8ccccc8o7)c6)cc5)ccc4-c4c3ccc3ccccc43)c3ccccc32)cc1. The van der Waals surface area contributed by atoms with Crippen LogP contribution in [0, 0.1) is 0 Å². The predicted molar refractivity (Wildman–Crippen MR) is 266 cm³/mol. The summed E-state index contributed by atoms with van der Waals surface area (Å²) in [6.45, 7) is 0. The molecule has 0 N–H and O–H groups in total. The van der Waals surface area contributed by atoms with E-state index >= 15 is 0 Å². The van der Waals surface area contributed by atoms with Gasteiger partial charge in [-0.1, -0.05) is 152 Å². The molecule has 0 amide bonds. The molecule has 2 aliphatic rings. The van der Waals surface area contributed by atoms with Crippen molar-refractivity contribution in [3.63, 3.8) is 0 Å². The number of hydrogen-bond donors (Lipinski definition) is 0. The van der Waals surface area contributed by atoms with E-state index < -0.39 is 5.41 Å². The largest absolute Gasteiger partial charge is 0.436 e. The van der Waals surface area contributed by atoms with Gasteiger partial charge in [-0.2, -0.15) is 0 Å². The van der Waals surface area contributed by atoms with Crippen LogP contribution in [0.2, 0.25) is 0 Å². The van der Waals surface area contributed by atoms with Gasteiger partial charge in [-0.3, -0.25) is 0 Å². The minimum atomic E-state index is -0.574. The number of aromatic nitrogens is 2. The second-order valence-electron chi connectivity index (χ2n) is 17.3. The average Bonchev–Trinajstić information content (AvgIpc) is 4.11. The highest BCUT2D eigenvalue weighted by Crippen LogP contribution is 2.64. The molecule has 3 heterocycles. The van der Waals surface area contributed by atoms with Crippen LogP contribution in [-0.2, 0) is 5.41 Å². The third-order valence-corrected chi connectivity index (χ3v) is 13.7. The Balaban J connectivity index is 0.940. The maximum absolute atomic E-state index is 6.31. The Morgan fingerprint density at radius 3 is 1.55 bits per heavy atom. The Kier molecular flexibility index (Phi) is 7.83. The van der Waals surface area contributed by atoms with Crippen LogP contribution in [0.15, 0.2) is 233 Å². The lowest BCUT2D eigenvalue weighted by Gasteiger charge is -2.45. The van der Waals surface area contributed by atoms with Gasteiger partial charge < -0.3 is 13.7 Å². The number of oxazole rings is 2. The smallest absolute Gasteiger partial charge is 0.227 e. The van der Waals surface area contributed by atoms with Crippen LogP contribution < -0.4 is 4.90 Å². The Morgan fingerprint density at radius 1 is 0.364 bits per heavy atom. The van der Waals surface area contributed by atoms with E-state index in [9.17, 15) is 0 Å². The number of hydrogen-bond acceptors (Lipinski definition) is 5. The first-order valence-electron chi connectivity index (χ1n) is 22.4. The average molecular weight is 844 g/mol. The molecule has 10 aromatic carbocycles. The molecule has 5 heteroatoms. The van der Waals surface area contributed by atoms with E-state index in [0.717, 1.165) is 61.3 Å². The van der Waals surface area contributed by atoms with Crippen molar-refractivity contribution >= 4 is 50.0 Å². The first kappa shape index (κ1) is 36.7. The van der Waals surface area contributed by atoms with Gasteiger partial charge in [0.15, 0.2) is 11.2 Å². The molecule has 2 aromatic heterocycles. The van der Waals surface area contributed by atoms with E-state index in [4.69, 9.17) is 18.8 Å². The second-order valence-corrected chi connectivity index (χ2v) is 17.3. The molecule has 0 fully saturated rings. The summed E-state index contributed by atoms with van der Waals surface area (Å²) in [5, 5.41) is 2.50. The summed E-state index contributed by atoms with van der Waals surface area (Å²) >= 11 is 0. The minimum Gasteiger partial charge on any atom is -0.436 e. The number of benzene rings is 10. The molecule has 5 nitrogen and oxygen atoms in total. The standard InChI is InChI=1S/C61H37N3O2/c1-2-15-45(16-3-1)64-54-22-10-6-18-48(54)61(49-19-7-11-23-55(49)64)50-33-31-40-14-4-5-17-46(40)58(50)47-32-30-41(37-51(47)61)38-26-28-39(29-27-38)42-34-43(59-62-52-20-8-12-24-56(52)65-59)36-44(35-42)60-63-53-21-9-13-25-57(53)66-60/h1-37H. The summed E-state index contributed by atoms with van der Waals surface area (Å²) in [5.41, 5.74) is 19.8. The molecule has 0 saturated carbocycles. The van der Waals surface area contributed by atoms with Crippen LogP contribution in [-0.4, -0.2) is 9.97 Å². The molecular formula is C61H37N3O2. The van der Waals surface area contributed by atoms with Crippen molar-refractivity contribution in [3.8, 4) is 56.3 Å². The van der Waals surface area contributed by atoms with Crippen molar-refractivity contribution in [1.29, 1.82) is 0 Å². The van der Waals surface area contributed by atoms with E-state index in [1.54, 1.807) is 0 Å². The van der Waals surface area contributed by atoms with Crippen molar-refractivity contribution in [2.24, 2.45) is 0 Å². The van der Waals surface area contributed by atoms with Crippen molar-refractivity contribution in [2.75, 3.05) is 4.90 Å². The molecule has 308 valence electrons. The van der Waals surface area contributed by atoms with Crippen molar-refractivity contribution in [3.05, 3.63) is 247 Å². The number of nitrogens with zero attached hydrogens (tertiary/aromatic N) is 3. The molecule has 14 rings (SSSR count). The van der Waals surface area contributed by atoms with Gasteiger partial charge in [0.1, 0.15) is 11.0 Å². The molecule has 1 aliphatic heterocycles. The maximum atomic E-state index is 6.31. The summed E-state index contributed by atoms with van der Waals surface area (Å²) in [6, 6.07) is 80.4.